The molecule has 0 saturated carbocycles. The summed E-state index contributed by atoms with van der Waals surface area (Å²) in [6.45, 7) is 1.10. The van der Waals surface area contributed by atoms with Crippen molar-refractivity contribution in [1.82, 2.24) is 4.90 Å². The molecule has 1 heterocycles. The summed E-state index contributed by atoms with van der Waals surface area (Å²) in [5, 5.41) is 0. The second-order valence-electron chi connectivity index (χ2n) is 6.43. The molecule has 0 bridgehead atoms. The molecule has 144 valence electrons. The third kappa shape index (κ3) is 4.40. The summed E-state index contributed by atoms with van der Waals surface area (Å²) in [6, 6.07) is 13.9. The fraction of sp³-hybridized carbons (Fsp3) is 0.381. The Bertz CT molecular complexity index is 762. The van der Waals surface area contributed by atoms with Gasteiger partial charge in [-0.3, -0.25) is 9.69 Å². The first-order valence-electron chi connectivity index (χ1n) is 8.85. The van der Waals surface area contributed by atoms with Crippen molar-refractivity contribution in [2.45, 2.75) is 25.2 Å². The third-order valence-corrected chi connectivity index (χ3v) is 4.82. The predicted octanol–water partition coefficient (Wildman–Crippen LogP) is 2.68. The second kappa shape index (κ2) is 8.88. The molecular weight excluding hydrogens is 346 g/mol. The highest BCUT2D eigenvalue weighted by molar-refractivity contribution is 5.56. The van der Waals surface area contributed by atoms with Crippen molar-refractivity contribution in [3.05, 3.63) is 53.6 Å². The van der Waals surface area contributed by atoms with Gasteiger partial charge in [-0.25, -0.2) is 0 Å². The molecule has 0 radical (unpaired) electrons. The lowest BCUT2D eigenvalue weighted by atomic mass is 10.0. The quantitative estimate of drug-likeness (QED) is 0.665. The van der Waals surface area contributed by atoms with Crippen molar-refractivity contribution in [3.63, 3.8) is 0 Å². The molecule has 1 saturated heterocycles. The van der Waals surface area contributed by atoms with E-state index >= 15 is 0 Å². The van der Waals surface area contributed by atoms with E-state index < -0.39 is 6.23 Å². The number of methoxy groups -OCH3 is 3. The molecule has 6 heteroatoms. The fourth-order valence-corrected chi connectivity index (χ4v) is 3.35. The van der Waals surface area contributed by atoms with Crippen LogP contribution in [0.5, 0.6) is 17.2 Å². The van der Waals surface area contributed by atoms with E-state index in [2.05, 4.69) is 4.90 Å². The Kier molecular flexibility index (Phi) is 6.32. The van der Waals surface area contributed by atoms with Crippen LogP contribution in [-0.2, 0) is 22.5 Å². The number of nitrogens with zero attached hydrogens (tertiary/aromatic N) is 1. The Morgan fingerprint density at radius 3 is 2.33 bits per heavy atom. The minimum absolute atomic E-state index is 0.113. The van der Waals surface area contributed by atoms with E-state index in [0.717, 1.165) is 24.0 Å². The van der Waals surface area contributed by atoms with Gasteiger partial charge in [0.1, 0.15) is 5.75 Å². The van der Waals surface area contributed by atoms with Crippen molar-refractivity contribution in [3.8, 4) is 17.2 Å². The average molecular weight is 371 g/mol. The Balaban J connectivity index is 1.76. The van der Waals surface area contributed by atoms with Crippen molar-refractivity contribution in [2.75, 3.05) is 27.9 Å². The summed E-state index contributed by atoms with van der Waals surface area (Å²) < 4.78 is 21.6. The largest absolute Gasteiger partial charge is 0.497 e. The van der Waals surface area contributed by atoms with Gasteiger partial charge >= 0.3 is 0 Å². The Hall–Kier alpha value is -2.57. The van der Waals surface area contributed by atoms with Crippen molar-refractivity contribution in [1.29, 1.82) is 0 Å². The van der Waals surface area contributed by atoms with Gasteiger partial charge in [0, 0.05) is 12.6 Å². The third-order valence-electron chi connectivity index (χ3n) is 4.82. The highest BCUT2D eigenvalue weighted by Crippen LogP contribution is 2.30. The number of hydrogen-bond acceptors (Lipinski definition) is 6. The lowest BCUT2D eigenvalue weighted by Gasteiger charge is -2.26. The van der Waals surface area contributed by atoms with Gasteiger partial charge in [0.05, 0.1) is 27.9 Å². The Labute approximate surface area is 159 Å². The monoisotopic (exact) mass is 371 g/mol. The second-order valence-corrected chi connectivity index (χ2v) is 6.43. The molecule has 1 aliphatic heterocycles. The number of carbonyl (C=O) groups excluding carboxylic acids is 1. The SMILES string of the molecule is COc1ccc(C[C@H]2COC(C=O)N2Cc2ccc(OC)c(OC)c2)cc1. The van der Waals surface area contributed by atoms with Gasteiger partial charge < -0.3 is 18.9 Å². The molecule has 6 nitrogen and oxygen atoms in total. The summed E-state index contributed by atoms with van der Waals surface area (Å²) in [5.74, 6) is 2.18. The summed E-state index contributed by atoms with van der Waals surface area (Å²) in [5.41, 5.74) is 2.21. The van der Waals surface area contributed by atoms with Crippen LogP contribution in [0.15, 0.2) is 42.5 Å². The van der Waals surface area contributed by atoms with Gasteiger partial charge in [-0.15, -0.1) is 0 Å². The number of rotatable bonds is 8. The summed E-state index contributed by atoms with van der Waals surface area (Å²) >= 11 is 0. The van der Waals surface area contributed by atoms with Gasteiger partial charge in [0.2, 0.25) is 0 Å². The minimum Gasteiger partial charge on any atom is -0.497 e. The van der Waals surface area contributed by atoms with Gasteiger partial charge in [0.15, 0.2) is 24.0 Å². The van der Waals surface area contributed by atoms with Crippen LogP contribution in [0, 0.1) is 0 Å². The highest BCUT2D eigenvalue weighted by Gasteiger charge is 2.34. The van der Waals surface area contributed by atoms with Crippen LogP contribution >= 0.6 is 0 Å². The molecule has 0 N–H and O–H groups in total. The molecule has 3 rings (SSSR count). The van der Waals surface area contributed by atoms with E-state index in [4.69, 9.17) is 18.9 Å². The maximum Gasteiger partial charge on any atom is 0.167 e. The lowest BCUT2D eigenvalue weighted by molar-refractivity contribution is -0.122. The normalized spacial score (nSPS) is 19.7. The maximum absolute atomic E-state index is 11.5. The topological polar surface area (TPSA) is 57.2 Å². The smallest absolute Gasteiger partial charge is 0.167 e. The molecule has 27 heavy (non-hydrogen) atoms. The van der Waals surface area contributed by atoms with Crippen LogP contribution in [0.2, 0.25) is 0 Å². The first-order valence-corrected chi connectivity index (χ1v) is 8.85. The molecule has 0 amide bonds. The molecular formula is C21H25NO5. The number of benzene rings is 2. The van der Waals surface area contributed by atoms with Gasteiger partial charge in [-0.2, -0.15) is 0 Å². The molecule has 0 spiro atoms. The molecule has 0 aliphatic carbocycles. The molecule has 1 unspecified atom stereocenters. The predicted molar refractivity (Wildman–Crippen MR) is 101 cm³/mol. The number of ether oxygens (including phenoxy) is 4. The number of hydrogen-bond donors (Lipinski definition) is 0. The van der Waals surface area contributed by atoms with E-state index in [1.807, 2.05) is 42.5 Å². The minimum atomic E-state index is -0.540. The van der Waals surface area contributed by atoms with Gasteiger partial charge in [-0.05, 0) is 41.8 Å². The van der Waals surface area contributed by atoms with E-state index in [1.54, 1.807) is 21.3 Å². The maximum atomic E-state index is 11.5. The first kappa shape index (κ1) is 19.2. The van der Waals surface area contributed by atoms with E-state index in [9.17, 15) is 4.79 Å². The molecule has 1 fully saturated rings. The zero-order valence-electron chi connectivity index (χ0n) is 15.9. The number of carbonyl (C=O) groups is 1. The van der Waals surface area contributed by atoms with Crippen LogP contribution < -0.4 is 14.2 Å². The number of aldehydes is 1. The van der Waals surface area contributed by atoms with E-state index in [0.29, 0.717) is 24.7 Å². The Morgan fingerprint density at radius 2 is 1.70 bits per heavy atom. The molecule has 1 aliphatic rings. The molecule has 2 aromatic carbocycles. The van der Waals surface area contributed by atoms with Crippen LogP contribution in [0.3, 0.4) is 0 Å². The first-order chi connectivity index (χ1) is 13.2. The van der Waals surface area contributed by atoms with Gasteiger partial charge in [-0.1, -0.05) is 18.2 Å². The van der Waals surface area contributed by atoms with Crippen molar-refractivity contribution < 1.29 is 23.7 Å². The summed E-state index contributed by atoms with van der Waals surface area (Å²) in [4.78, 5) is 13.6. The van der Waals surface area contributed by atoms with Crippen molar-refractivity contribution in [2.24, 2.45) is 0 Å². The van der Waals surface area contributed by atoms with Crippen LogP contribution in [0.25, 0.3) is 0 Å². The zero-order valence-corrected chi connectivity index (χ0v) is 15.9. The summed E-state index contributed by atoms with van der Waals surface area (Å²) in [7, 11) is 4.87. The van der Waals surface area contributed by atoms with E-state index in [-0.39, 0.29) is 6.04 Å². The molecule has 2 aromatic rings. The van der Waals surface area contributed by atoms with E-state index in [1.165, 1.54) is 5.56 Å². The van der Waals surface area contributed by atoms with Crippen LogP contribution in [0.4, 0.5) is 0 Å². The molecule has 0 aromatic heterocycles. The zero-order chi connectivity index (χ0) is 19.2. The van der Waals surface area contributed by atoms with Gasteiger partial charge in [0.25, 0.3) is 0 Å². The van der Waals surface area contributed by atoms with Crippen LogP contribution in [0.1, 0.15) is 11.1 Å². The molecule has 2 atom stereocenters. The standard InChI is InChI=1S/C21H25NO5/c1-24-18-7-4-15(5-8-18)10-17-14-27-21(13-23)22(17)12-16-6-9-19(25-2)20(11-16)26-3/h4-9,11,13,17,21H,10,12,14H2,1-3H3/t17-,21?/m0/s1. The lowest BCUT2D eigenvalue weighted by Crippen LogP contribution is -2.38. The Morgan fingerprint density at radius 1 is 1.00 bits per heavy atom. The summed E-state index contributed by atoms with van der Waals surface area (Å²) in [6.07, 6.45) is 1.11. The highest BCUT2D eigenvalue weighted by atomic mass is 16.5. The van der Waals surface area contributed by atoms with Crippen LogP contribution in [-0.4, -0.2) is 51.4 Å². The fourth-order valence-electron chi connectivity index (χ4n) is 3.35. The van der Waals surface area contributed by atoms with Crippen molar-refractivity contribution >= 4 is 6.29 Å². The average Bonchev–Trinajstić information content (AvgIpc) is 3.09.